The number of amides is 1. The van der Waals surface area contributed by atoms with Gasteiger partial charge in [-0.15, -0.1) is 10.2 Å². The number of nitrogens with zero attached hydrogens (tertiary/aromatic N) is 3. The molecule has 140 valence electrons. The van der Waals surface area contributed by atoms with Crippen LogP contribution < -0.4 is 0 Å². The van der Waals surface area contributed by atoms with Gasteiger partial charge in [-0.2, -0.15) is 0 Å². The smallest absolute Gasteiger partial charge is 0.277 e. The zero-order chi connectivity index (χ0) is 19.4. The molecule has 0 spiro atoms. The van der Waals surface area contributed by atoms with Gasteiger partial charge in [-0.1, -0.05) is 41.1 Å². The topological polar surface area (TPSA) is 59.2 Å². The Hall–Kier alpha value is -2.67. The Morgan fingerprint density at radius 3 is 2.59 bits per heavy atom. The number of carbonyl (C=O) groups excluding carboxylic acids is 1. The lowest BCUT2D eigenvalue weighted by atomic mass is 10.1. The molecule has 0 saturated heterocycles. The van der Waals surface area contributed by atoms with Crippen LogP contribution in [-0.4, -0.2) is 33.8 Å². The van der Waals surface area contributed by atoms with Crippen molar-refractivity contribution >= 4 is 17.7 Å². The van der Waals surface area contributed by atoms with Crippen molar-refractivity contribution in [3.8, 4) is 11.5 Å². The lowest BCUT2D eigenvalue weighted by Crippen LogP contribution is -2.27. The van der Waals surface area contributed by atoms with Crippen molar-refractivity contribution in [2.75, 3.05) is 12.8 Å². The molecule has 27 heavy (non-hydrogen) atoms. The van der Waals surface area contributed by atoms with Crippen molar-refractivity contribution in [2.24, 2.45) is 0 Å². The molecule has 2 aromatic carbocycles. The molecule has 0 fully saturated rings. The van der Waals surface area contributed by atoms with Crippen LogP contribution in [0.5, 0.6) is 0 Å². The first-order valence-electron chi connectivity index (χ1n) is 8.44. The molecular formula is C20H20FN3O2S. The molecule has 0 aliphatic heterocycles. The van der Waals surface area contributed by atoms with Gasteiger partial charge in [0.2, 0.25) is 11.8 Å². The van der Waals surface area contributed by atoms with Crippen molar-refractivity contribution in [1.82, 2.24) is 15.1 Å². The summed E-state index contributed by atoms with van der Waals surface area (Å²) in [4.78, 5) is 13.8. The summed E-state index contributed by atoms with van der Waals surface area (Å²) in [6, 6.07) is 12.2. The van der Waals surface area contributed by atoms with Gasteiger partial charge in [-0.3, -0.25) is 4.79 Å². The summed E-state index contributed by atoms with van der Waals surface area (Å²) in [6.07, 6.45) is 0. The standard InChI is InChI=1S/C20H20FN3O2S/c1-13-7-14(2)9-16(8-13)19-22-23-20(26-19)27-12-18(25)24(3)11-15-5-4-6-17(21)10-15/h4-10H,11-12H2,1-3H3. The number of hydrogen-bond acceptors (Lipinski definition) is 5. The zero-order valence-corrected chi connectivity index (χ0v) is 16.2. The maximum Gasteiger partial charge on any atom is 0.277 e. The van der Waals surface area contributed by atoms with Crippen LogP contribution in [0.3, 0.4) is 0 Å². The van der Waals surface area contributed by atoms with Crippen LogP contribution in [0.1, 0.15) is 16.7 Å². The number of thioether (sulfide) groups is 1. The summed E-state index contributed by atoms with van der Waals surface area (Å²) in [6.45, 7) is 4.36. The van der Waals surface area contributed by atoms with Crippen molar-refractivity contribution < 1.29 is 13.6 Å². The minimum Gasteiger partial charge on any atom is -0.411 e. The fourth-order valence-electron chi connectivity index (χ4n) is 2.71. The van der Waals surface area contributed by atoms with E-state index in [2.05, 4.69) is 16.3 Å². The maximum atomic E-state index is 13.2. The average molecular weight is 385 g/mol. The van der Waals surface area contributed by atoms with E-state index in [1.54, 1.807) is 24.1 Å². The summed E-state index contributed by atoms with van der Waals surface area (Å²) in [7, 11) is 1.68. The molecule has 1 heterocycles. The van der Waals surface area contributed by atoms with Crippen molar-refractivity contribution in [1.29, 1.82) is 0 Å². The molecule has 0 aliphatic rings. The second-order valence-corrected chi connectivity index (χ2v) is 7.34. The van der Waals surface area contributed by atoms with Crippen LogP contribution in [0.2, 0.25) is 0 Å². The first-order valence-corrected chi connectivity index (χ1v) is 9.42. The highest BCUT2D eigenvalue weighted by Gasteiger charge is 2.14. The van der Waals surface area contributed by atoms with Gasteiger partial charge in [-0.05, 0) is 43.7 Å². The monoisotopic (exact) mass is 385 g/mol. The molecule has 3 rings (SSSR count). The number of aryl methyl sites for hydroxylation is 2. The molecule has 0 N–H and O–H groups in total. The van der Waals surface area contributed by atoms with Gasteiger partial charge in [0.25, 0.3) is 5.22 Å². The minimum atomic E-state index is -0.313. The number of carbonyl (C=O) groups is 1. The normalized spacial score (nSPS) is 10.8. The molecule has 1 amide bonds. The predicted molar refractivity (Wildman–Crippen MR) is 103 cm³/mol. The van der Waals surface area contributed by atoms with E-state index >= 15 is 0 Å². The number of benzene rings is 2. The summed E-state index contributed by atoms with van der Waals surface area (Å²) in [5.74, 6) is 0.188. The van der Waals surface area contributed by atoms with E-state index in [9.17, 15) is 9.18 Å². The Kier molecular flexibility index (Phi) is 5.91. The van der Waals surface area contributed by atoms with E-state index in [0.717, 1.165) is 22.3 Å². The van der Waals surface area contributed by atoms with Gasteiger partial charge < -0.3 is 9.32 Å². The Labute approximate surface area is 161 Å². The first-order chi connectivity index (χ1) is 12.9. The molecule has 0 saturated carbocycles. The maximum absolute atomic E-state index is 13.2. The number of hydrogen-bond donors (Lipinski definition) is 0. The fourth-order valence-corrected chi connectivity index (χ4v) is 3.42. The van der Waals surface area contributed by atoms with Gasteiger partial charge in [0, 0.05) is 19.2 Å². The largest absolute Gasteiger partial charge is 0.411 e. The second kappa shape index (κ2) is 8.35. The van der Waals surface area contributed by atoms with Gasteiger partial charge in [0.15, 0.2) is 0 Å². The molecule has 0 unspecified atom stereocenters. The molecule has 5 nitrogen and oxygen atoms in total. The lowest BCUT2D eigenvalue weighted by Gasteiger charge is -2.16. The second-order valence-electron chi connectivity index (χ2n) is 6.42. The van der Waals surface area contributed by atoms with Crippen molar-refractivity contribution in [2.45, 2.75) is 25.6 Å². The first kappa shape index (κ1) is 19.1. The van der Waals surface area contributed by atoms with Crippen LogP contribution in [0.4, 0.5) is 4.39 Å². The molecule has 1 aromatic heterocycles. The van der Waals surface area contributed by atoms with Gasteiger partial charge in [0.1, 0.15) is 5.82 Å². The minimum absolute atomic E-state index is 0.101. The molecule has 0 aliphatic carbocycles. The summed E-state index contributed by atoms with van der Waals surface area (Å²) in [5, 5.41) is 8.41. The summed E-state index contributed by atoms with van der Waals surface area (Å²) < 4.78 is 18.9. The Bertz CT molecular complexity index is 938. The SMILES string of the molecule is Cc1cc(C)cc(-c2nnc(SCC(=O)N(C)Cc3cccc(F)c3)o2)c1. The van der Waals surface area contributed by atoms with Crippen LogP contribution in [0.15, 0.2) is 52.1 Å². The Balaban J connectivity index is 1.58. The highest BCUT2D eigenvalue weighted by Crippen LogP contribution is 2.25. The van der Waals surface area contributed by atoms with Gasteiger partial charge >= 0.3 is 0 Å². The van der Waals surface area contributed by atoms with Crippen molar-refractivity contribution in [3.05, 3.63) is 65.0 Å². The van der Waals surface area contributed by atoms with Crippen LogP contribution in [0.25, 0.3) is 11.5 Å². The van der Waals surface area contributed by atoms with E-state index in [4.69, 9.17) is 4.42 Å². The average Bonchev–Trinajstić information content (AvgIpc) is 3.08. The van der Waals surface area contributed by atoms with Gasteiger partial charge in [-0.25, -0.2) is 4.39 Å². The predicted octanol–water partition coefficient (Wildman–Crippen LogP) is 4.24. The molecule has 0 radical (unpaired) electrons. The highest BCUT2D eigenvalue weighted by molar-refractivity contribution is 7.99. The quantitative estimate of drug-likeness (QED) is 0.594. The van der Waals surface area contributed by atoms with E-state index in [1.165, 1.54) is 23.9 Å². The third kappa shape index (κ3) is 5.17. The van der Waals surface area contributed by atoms with E-state index in [1.807, 2.05) is 26.0 Å². The van der Waals surface area contributed by atoms with E-state index in [0.29, 0.717) is 17.7 Å². The van der Waals surface area contributed by atoms with Crippen LogP contribution in [0, 0.1) is 19.7 Å². The van der Waals surface area contributed by atoms with E-state index < -0.39 is 0 Å². The molecule has 7 heteroatoms. The third-order valence-corrected chi connectivity index (χ3v) is 4.73. The van der Waals surface area contributed by atoms with Crippen LogP contribution in [-0.2, 0) is 11.3 Å². The molecule has 0 atom stereocenters. The summed E-state index contributed by atoms with van der Waals surface area (Å²) >= 11 is 1.19. The summed E-state index contributed by atoms with van der Waals surface area (Å²) in [5.41, 5.74) is 3.84. The molecular weight excluding hydrogens is 365 g/mol. The Morgan fingerprint density at radius 2 is 1.89 bits per heavy atom. The lowest BCUT2D eigenvalue weighted by molar-refractivity contribution is -0.127. The molecule has 0 bridgehead atoms. The fraction of sp³-hybridized carbons (Fsp3) is 0.250. The van der Waals surface area contributed by atoms with Crippen molar-refractivity contribution in [3.63, 3.8) is 0 Å². The number of rotatable bonds is 6. The highest BCUT2D eigenvalue weighted by atomic mass is 32.2. The van der Waals surface area contributed by atoms with E-state index in [-0.39, 0.29) is 17.5 Å². The molecule has 3 aromatic rings. The Morgan fingerprint density at radius 1 is 1.15 bits per heavy atom. The number of aromatic nitrogens is 2. The van der Waals surface area contributed by atoms with Crippen LogP contribution >= 0.6 is 11.8 Å². The third-order valence-electron chi connectivity index (χ3n) is 3.93. The van der Waals surface area contributed by atoms with Gasteiger partial charge in [0.05, 0.1) is 5.75 Å². The number of halogens is 1. The zero-order valence-electron chi connectivity index (χ0n) is 15.4.